The van der Waals surface area contributed by atoms with Gasteiger partial charge in [0.25, 0.3) is 0 Å². The van der Waals surface area contributed by atoms with Gasteiger partial charge in [-0.25, -0.2) is 9.59 Å². The third-order valence-electron chi connectivity index (χ3n) is 1.55. The molecule has 0 spiro atoms. The maximum Gasteiger partial charge on any atom is 0.699 e. The summed E-state index contributed by atoms with van der Waals surface area (Å²) in [5, 5.41) is 0. The normalized spacial score (nSPS) is 14.9. The maximum atomic E-state index is 11.2. The van der Waals surface area contributed by atoms with Gasteiger partial charge in [-0.3, -0.25) is 0 Å². The Hall–Kier alpha value is -1.04. The van der Waals surface area contributed by atoms with Crippen LogP contribution in [0.3, 0.4) is 0 Å². The fourth-order valence-electron chi connectivity index (χ4n) is 0.701. The zero-order valence-electron chi connectivity index (χ0n) is 9.46. The maximum absolute atomic E-state index is 11.2. The van der Waals surface area contributed by atoms with Gasteiger partial charge < -0.3 is 9.47 Å². The van der Waals surface area contributed by atoms with E-state index in [2.05, 4.69) is 18.5 Å². The molecule has 0 aliphatic rings. The van der Waals surface area contributed by atoms with Gasteiger partial charge in [0, 0.05) is 4.57 Å². The largest absolute Gasteiger partial charge is 0.699 e. The summed E-state index contributed by atoms with van der Waals surface area (Å²) in [6, 6.07) is 0. The molecule has 8 heteroatoms. The minimum absolute atomic E-state index is 0.683. The van der Waals surface area contributed by atoms with Gasteiger partial charge in [0.15, 0.2) is 0 Å². The number of hydrogen-bond donors (Lipinski definition) is 0. The monoisotopic (exact) mass is 253 g/mol. The van der Waals surface area contributed by atoms with Crippen molar-refractivity contribution in [1.29, 1.82) is 0 Å². The lowest BCUT2D eigenvalue weighted by Gasteiger charge is -2.03. The van der Waals surface area contributed by atoms with E-state index in [1.807, 2.05) is 0 Å². The minimum Gasteiger partial charge on any atom is -0.467 e. The van der Waals surface area contributed by atoms with Gasteiger partial charge in [-0.2, -0.15) is 0 Å². The van der Waals surface area contributed by atoms with Crippen LogP contribution in [0.4, 0.5) is 0 Å². The topological polar surface area (TPSA) is 88.1 Å². The summed E-state index contributed by atoms with van der Waals surface area (Å²) >= 11 is 0. The third-order valence-corrected chi connectivity index (χ3v) is 2.53. The Morgan fingerprint density at radius 2 is 1.25 bits per heavy atom. The lowest BCUT2D eigenvalue weighted by molar-refractivity contribution is -0.149. The van der Waals surface area contributed by atoms with Gasteiger partial charge in [0.1, 0.15) is 0 Å². The highest BCUT2D eigenvalue weighted by Crippen LogP contribution is 2.28. The Morgan fingerprint density at radius 1 is 0.938 bits per heavy atom. The van der Waals surface area contributed by atoms with E-state index < -0.39 is 32.4 Å². The summed E-state index contributed by atoms with van der Waals surface area (Å²) in [5.41, 5.74) is 0. The van der Waals surface area contributed by atoms with Crippen LogP contribution in [0.5, 0.6) is 0 Å². The zero-order chi connectivity index (χ0) is 12.7. The number of hydrogen-bond acceptors (Lipinski definition) is 7. The average molecular weight is 253 g/mol. The lowest BCUT2D eigenvalue weighted by atomic mass is 10.4. The molecule has 0 saturated carbocycles. The highest BCUT2D eigenvalue weighted by atomic mass is 31.1. The van der Waals surface area contributed by atoms with E-state index in [0.29, 0.717) is 0 Å². The second-order valence-electron chi connectivity index (χ2n) is 2.77. The fourth-order valence-corrected chi connectivity index (χ4v) is 1.44. The molecule has 0 aliphatic heterocycles. The van der Waals surface area contributed by atoms with Gasteiger partial charge >= 0.3 is 20.2 Å². The quantitative estimate of drug-likeness (QED) is 0.511. The van der Waals surface area contributed by atoms with Crippen molar-refractivity contribution in [3.8, 4) is 0 Å². The second-order valence-corrected chi connectivity index (χ2v) is 3.63. The van der Waals surface area contributed by atoms with E-state index in [-0.39, 0.29) is 0 Å². The highest BCUT2D eigenvalue weighted by molar-refractivity contribution is 7.33. The standard InChI is InChI=1S/C8H14O7P/c1-5(7(9)12-3)14-16(11)15-6(2)8(10)13-4/h5-6H,1-4H3/q+1. The summed E-state index contributed by atoms with van der Waals surface area (Å²) in [7, 11) is -0.240. The summed E-state index contributed by atoms with van der Waals surface area (Å²) < 4.78 is 29.2. The van der Waals surface area contributed by atoms with Crippen LogP contribution >= 0.6 is 8.25 Å². The molecule has 0 radical (unpaired) electrons. The first-order valence-electron chi connectivity index (χ1n) is 4.38. The number of rotatable bonds is 6. The van der Waals surface area contributed by atoms with Crippen molar-refractivity contribution in [2.24, 2.45) is 0 Å². The number of ether oxygens (including phenoxy) is 2. The summed E-state index contributed by atoms with van der Waals surface area (Å²) in [6.45, 7) is 2.70. The van der Waals surface area contributed by atoms with Crippen LogP contribution in [-0.2, 0) is 32.7 Å². The Kier molecular flexibility index (Phi) is 6.80. The van der Waals surface area contributed by atoms with Gasteiger partial charge in [0.2, 0.25) is 12.2 Å². The molecule has 16 heavy (non-hydrogen) atoms. The zero-order valence-corrected chi connectivity index (χ0v) is 10.4. The van der Waals surface area contributed by atoms with Crippen molar-refractivity contribution in [2.75, 3.05) is 14.2 Å². The molecule has 0 bridgehead atoms. The molecular formula is C8H14O7P+. The van der Waals surface area contributed by atoms with Crippen LogP contribution in [0.15, 0.2) is 0 Å². The molecule has 0 rings (SSSR count). The van der Waals surface area contributed by atoms with E-state index in [9.17, 15) is 14.2 Å². The second kappa shape index (κ2) is 7.27. The van der Waals surface area contributed by atoms with Crippen LogP contribution in [0.25, 0.3) is 0 Å². The predicted molar refractivity (Wildman–Crippen MR) is 52.7 cm³/mol. The van der Waals surface area contributed by atoms with Gasteiger partial charge in [-0.05, 0) is 13.8 Å². The number of carbonyl (C=O) groups excluding carboxylic acids is 2. The first-order valence-corrected chi connectivity index (χ1v) is 5.48. The Labute approximate surface area is 93.9 Å². The van der Waals surface area contributed by atoms with Crippen LogP contribution in [-0.4, -0.2) is 38.4 Å². The van der Waals surface area contributed by atoms with Crippen molar-refractivity contribution >= 4 is 20.2 Å². The van der Waals surface area contributed by atoms with E-state index in [4.69, 9.17) is 0 Å². The van der Waals surface area contributed by atoms with Gasteiger partial charge in [0.05, 0.1) is 14.2 Å². The molecule has 0 N–H and O–H groups in total. The molecule has 0 aromatic heterocycles. The first-order chi connectivity index (χ1) is 7.42. The SMILES string of the molecule is COC(=O)C(C)O[P+](=O)OC(C)C(=O)OC. The smallest absolute Gasteiger partial charge is 0.467 e. The molecule has 0 fully saturated rings. The molecule has 0 amide bonds. The van der Waals surface area contributed by atoms with Gasteiger partial charge in [-0.1, -0.05) is 0 Å². The van der Waals surface area contributed by atoms with Crippen LogP contribution in [0.2, 0.25) is 0 Å². The molecule has 92 valence electrons. The summed E-state index contributed by atoms with van der Waals surface area (Å²) in [5.74, 6) is -1.37. The van der Waals surface area contributed by atoms with E-state index >= 15 is 0 Å². The van der Waals surface area contributed by atoms with Gasteiger partial charge in [-0.15, -0.1) is 9.05 Å². The summed E-state index contributed by atoms with van der Waals surface area (Å²) in [6.07, 6.45) is -2.06. The molecule has 0 aromatic carbocycles. The van der Waals surface area contributed by atoms with Crippen LogP contribution in [0.1, 0.15) is 13.8 Å². The van der Waals surface area contributed by atoms with Crippen molar-refractivity contribution in [3.05, 3.63) is 0 Å². The Balaban J connectivity index is 4.08. The van der Waals surface area contributed by atoms with E-state index in [1.54, 1.807) is 0 Å². The lowest BCUT2D eigenvalue weighted by Crippen LogP contribution is -2.22. The van der Waals surface area contributed by atoms with Crippen molar-refractivity contribution in [2.45, 2.75) is 26.1 Å². The molecule has 2 unspecified atom stereocenters. The van der Waals surface area contributed by atoms with Crippen molar-refractivity contribution in [1.82, 2.24) is 0 Å². The number of carbonyl (C=O) groups is 2. The van der Waals surface area contributed by atoms with Crippen molar-refractivity contribution in [3.63, 3.8) is 0 Å². The van der Waals surface area contributed by atoms with E-state index in [0.717, 1.165) is 0 Å². The molecule has 0 heterocycles. The molecule has 0 saturated heterocycles. The van der Waals surface area contributed by atoms with E-state index in [1.165, 1.54) is 28.1 Å². The molecule has 0 aliphatic carbocycles. The van der Waals surface area contributed by atoms with Crippen molar-refractivity contribution < 1.29 is 32.7 Å². The minimum atomic E-state index is -2.59. The Bertz CT molecular complexity index is 252. The average Bonchev–Trinajstić information content (AvgIpc) is 2.26. The summed E-state index contributed by atoms with van der Waals surface area (Å²) in [4.78, 5) is 21.8. The fraction of sp³-hybridized carbons (Fsp3) is 0.750. The first kappa shape index (κ1) is 15.0. The van der Waals surface area contributed by atoms with Crippen LogP contribution in [0, 0.1) is 0 Å². The van der Waals surface area contributed by atoms with Crippen LogP contribution < -0.4 is 0 Å². The Morgan fingerprint density at radius 3 is 1.50 bits per heavy atom. The highest BCUT2D eigenvalue weighted by Gasteiger charge is 2.34. The molecule has 2 atom stereocenters. The third kappa shape index (κ3) is 5.16. The molecular weight excluding hydrogens is 239 g/mol. The number of esters is 2. The molecule has 0 aromatic rings. The predicted octanol–water partition coefficient (Wildman–Crippen LogP) is 0.800. The number of methoxy groups -OCH3 is 2. The molecule has 7 nitrogen and oxygen atoms in total.